The van der Waals surface area contributed by atoms with Crippen LogP contribution < -0.4 is 0 Å². The zero-order valence-corrected chi connectivity index (χ0v) is 12.3. The number of nitro benzene ring substituents is 1. The highest BCUT2D eigenvalue weighted by Gasteiger charge is 2.27. The first-order valence-electron chi connectivity index (χ1n) is 6.06. The lowest BCUT2D eigenvalue weighted by Crippen LogP contribution is -2.27. The SMILES string of the molecule is Cc1c([N+](=O)[O-])cccc1S(=O)(=O)N(C)Cc1ccco1. The first-order valence-corrected chi connectivity index (χ1v) is 7.51. The largest absolute Gasteiger partial charge is 0.468 e. The standard InChI is InChI=1S/C13H14N2O5S/c1-10-12(15(16)17)6-3-7-13(10)21(18,19)14(2)9-11-5-4-8-20-11/h3-8H,9H2,1-2H3. The van der Waals surface area contributed by atoms with E-state index < -0.39 is 14.9 Å². The molecule has 0 aliphatic heterocycles. The van der Waals surface area contributed by atoms with Crippen LogP contribution in [-0.4, -0.2) is 24.7 Å². The molecule has 112 valence electrons. The smallest absolute Gasteiger partial charge is 0.273 e. The Kier molecular flexibility index (Phi) is 4.10. The van der Waals surface area contributed by atoms with Crippen molar-refractivity contribution in [3.8, 4) is 0 Å². The second-order valence-electron chi connectivity index (χ2n) is 4.50. The van der Waals surface area contributed by atoms with Crippen molar-refractivity contribution in [2.24, 2.45) is 0 Å². The molecule has 1 heterocycles. The molecule has 2 rings (SSSR count). The third-order valence-corrected chi connectivity index (χ3v) is 5.05. The van der Waals surface area contributed by atoms with Gasteiger partial charge in [-0.15, -0.1) is 0 Å². The highest BCUT2D eigenvalue weighted by atomic mass is 32.2. The molecule has 0 radical (unpaired) electrons. The van der Waals surface area contributed by atoms with E-state index in [-0.39, 0.29) is 22.7 Å². The summed E-state index contributed by atoms with van der Waals surface area (Å²) in [7, 11) is -2.43. The summed E-state index contributed by atoms with van der Waals surface area (Å²) in [5.41, 5.74) is -0.101. The second kappa shape index (κ2) is 5.66. The molecule has 0 unspecified atom stereocenters. The fraction of sp³-hybridized carbons (Fsp3) is 0.231. The quantitative estimate of drug-likeness (QED) is 0.624. The number of sulfonamides is 1. The van der Waals surface area contributed by atoms with Gasteiger partial charge in [-0.2, -0.15) is 4.31 Å². The lowest BCUT2D eigenvalue weighted by molar-refractivity contribution is -0.385. The van der Waals surface area contributed by atoms with Crippen LogP contribution in [0.25, 0.3) is 0 Å². The Bertz CT molecular complexity index is 753. The number of hydrogen-bond donors (Lipinski definition) is 0. The molecule has 8 heteroatoms. The van der Waals surface area contributed by atoms with Crippen LogP contribution in [0.5, 0.6) is 0 Å². The van der Waals surface area contributed by atoms with Crippen molar-refractivity contribution in [3.05, 3.63) is 58.0 Å². The minimum atomic E-state index is -3.83. The molecule has 1 aromatic heterocycles. The van der Waals surface area contributed by atoms with E-state index in [0.29, 0.717) is 5.76 Å². The summed E-state index contributed by atoms with van der Waals surface area (Å²) in [5.74, 6) is 0.490. The van der Waals surface area contributed by atoms with Crippen molar-refractivity contribution in [3.63, 3.8) is 0 Å². The molecule has 2 aromatic rings. The van der Waals surface area contributed by atoms with Crippen LogP contribution in [0.4, 0.5) is 5.69 Å². The number of rotatable bonds is 5. The Morgan fingerprint density at radius 1 is 1.29 bits per heavy atom. The summed E-state index contributed by atoms with van der Waals surface area (Å²) in [6, 6.07) is 7.32. The first kappa shape index (κ1) is 15.2. The van der Waals surface area contributed by atoms with Crippen LogP contribution in [0.15, 0.2) is 45.9 Å². The van der Waals surface area contributed by atoms with Gasteiger partial charge in [-0.05, 0) is 25.1 Å². The maximum absolute atomic E-state index is 12.5. The zero-order chi connectivity index (χ0) is 15.6. The molecule has 0 aliphatic carbocycles. The third kappa shape index (κ3) is 2.96. The number of nitro groups is 1. The van der Waals surface area contributed by atoms with Crippen molar-refractivity contribution in [2.75, 3.05) is 7.05 Å². The summed E-state index contributed by atoms with van der Waals surface area (Å²) in [5, 5.41) is 10.9. The summed E-state index contributed by atoms with van der Waals surface area (Å²) >= 11 is 0. The van der Waals surface area contributed by atoms with Crippen LogP contribution in [-0.2, 0) is 16.6 Å². The van der Waals surface area contributed by atoms with E-state index in [0.717, 1.165) is 4.31 Å². The lowest BCUT2D eigenvalue weighted by atomic mass is 10.2. The summed E-state index contributed by atoms with van der Waals surface area (Å²) in [6.07, 6.45) is 1.45. The average Bonchev–Trinajstić information content (AvgIpc) is 2.91. The van der Waals surface area contributed by atoms with E-state index in [1.165, 1.54) is 38.4 Å². The molecule has 0 amide bonds. The van der Waals surface area contributed by atoms with Crippen molar-refractivity contribution >= 4 is 15.7 Å². The molecule has 0 bridgehead atoms. The first-order chi connectivity index (χ1) is 9.84. The fourth-order valence-electron chi connectivity index (χ4n) is 1.95. The van der Waals surface area contributed by atoms with Gasteiger partial charge in [-0.25, -0.2) is 8.42 Å². The number of furan rings is 1. The average molecular weight is 310 g/mol. The van der Waals surface area contributed by atoms with Crippen LogP contribution >= 0.6 is 0 Å². The Balaban J connectivity index is 2.40. The Morgan fingerprint density at radius 3 is 2.57 bits per heavy atom. The van der Waals surface area contributed by atoms with Crippen molar-refractivity contribution in [1.29, 1.82) is 0 Å². The Morgan fingerprint density at radius 2 is 2.00 bits per heavy atom. The van der Waals surface area contributed by atoms with Gasteiger partial charge in [0, 0.05) is 18.7 Å². The molecule has 0 fully saturated rings. The van der Waals surface area contributed by atoms with Gasteiger partial charge >= 0.3 is 0 Å². The summed E-state index contributed by atoms with van der Waals surface area (Å²) in [6.45, 7) is 1.48. The van der Waals surface area contributed by atoms with Gasteiger partial charge in [-0.3, -0.25) is 10.1 Å². The highest BCUT2D eigenvalue weighted by Crippen LogP contribution is 2.27. The van der Waals surface area contributed by atoms with Crippen LogP contribution in [0, 0.1) is 17.0 Å². The minimum absolute atomic E-state index is 0.0530. The van der Waals surface area contributed by atoms with Crippen molar-refractivity contribution in [2.45, 2.75) is 18.4 Å². The summed E-state index contributed by atoms with van der Waals surface area (Å²) < 4.78 is 31.2. The zero-order valence-electron chi connectivity index (χ0n) is 11.5. The fourth-order valence-corrected chi connectivity index (χ4v) is 3.33. The van der Waals surface area contributed by atoms with Crippen molar-refractivity contribution in [1.82, 2.24) is 4.31 Å². The molecule has 21 heavy (non-hydrogen) atoms. The van der Waals surface area contributed by atoms with Gasteiger partial charge < -0.3 is 4.42 Å². The van der Waals surface area contributed by atoms with Gasteiger partial charge in [0.2, 0.25) is 10.0 Å². The third-order valence-electron chi connectivity index (χ3n) is 3.10. The number of benzene rings is 1. The Hall–Kier alpha value is -2.19. The highest BCUT2D eigenvalue weighted by molar-refractivity contribution is 7.89. The molecular weight excluding hydrogens is 296 g/mol. The molecule has 0 aliphatic rings. The predicted octanol–water partition coefficient (Wildman–Crippen LogP) is 2.32. The van der Waals surface area contributed by atoms with Gasteiger partial charge in [0.1, 0.15) is 5.76 Å². The number of hydrogen-bond acceptors (Lipinski definition) is 5. The van der Waals surface area contributed by atoms with Crippen molar-refractivity contribution < 1.29 is 17.8 Å². The predicted molar refractivity (Wildman–Crippen MR) is 75.2 cm³/mol. The molecule has 0 spiro atoms. The lowest BCUT2D eigenvalue weighted by Gasteiger charge is -2.17. The summed E-state index contributed by atoms with van der Waals surface area (Å²) in [4.78, 5) is 10.2. The molecular formula is C13H14N2O5S. The topological polar surface area (TPSA) is 93.7 Å². The van der Waals surface area contributed by atoms with Gasteiger partial charge in [0.05, 0.1) is 22.6 Å². The van der Waals surface area contributed by atoms with E-state index in [1.54, 1.807) is 12.1 Å². The van der Waals surface area contributed by atoms with Gasteiger partial charge in [0.25, 0.3) is 5.69 Å². The van der Waals surface area contributed by atoms with E-state index >= 15 is 0 Å². The van der Waals surface area contributed by atoms with E-state index in [2.05, 4.69) is 0 Å². The van der Waals surface area contributed by atoms with E-state index in [1.807, 2.05) is 0 Å². The molecule has 7 nitrogen and oxygen atoms in total. The van der Waals surface area contributed by atoms with E-state index in [9.17, 15) is 18.5 Å². The monoisotopic (exact) mass is 310 g/mol. The Labute approximate surface area is 122 Å². The van der Waals surface area contributed by atoms with Gasteiger partial charge in [-0.1, -0.05) is 6.07 Å². The maximum atomic E-state index is 12.5. The molecule has 0 atom stereocenters. The van der Waals surface area contributed by atoms with Crippen LogP contribution in [0.2, 0.25) is 0 Å². The molecule has 0 saturated heterocycles. The molecule has 0 saturated carbocycles. The molecule has 0 N–H and O–H groups in total. The minimum Gasteiger partial charge on any atom is -0.468 e. The molecule has 1 aromatic carbocycles. The second-order valence-corrected chi connectivity index (χ2v) is 6.51. The normalized spacial score (nSPS) is 11.8. The number of nitrogens with zero attached hydrogens (tertiary/aromatic N) is 2. The van der Waals surface area contributed by atoms with Gasteiger partial charge in [0.15, 0.2) is 0 Å². The maximum Gasteiger partial charge on any atom is 0.273 e. The van der Waals surface area contributed by atoms with Crippen LogP contribution in [0.3, 0.4) is 0 Å². The van der Waals surface area contributed by atoms with Crippen LogP contribution in [0.1, 0.15) is 11.3 Å². The van der Waals surface area contributed by atoms with E-state index in [4.69, 9.17) is 4.42 Å².